The first-order chi connectivity index (χ1) is 8.34. The zero-order chi connectivity index (χ0) is 11.7. The Morgan fingerprint density at radius 1 is 0.833 bits per heavy atom. The normalized spacial score (nSPS) is 10.0. The molecule has 3 aromatic rings. The van der Waals surface area contributed by atoms with E-state index in [0.29, 0.717) is 16.7 Å². The Labute approximate surface area is 106 Å². The Kier molecular flexibility index (Phi) is 3.33. The average Bonchev–Trinajstić information content (AvgIpc) is 2.40. The first-order valence-electron chi connectivity index (χ1n) is 5.43. The van der Waals surface area contributed by atoms with Gasteiger partial charge in [0.2, 0.25) is 0 Å². The van der Waals surface area contributed by atoms with Gasteiger partial charge in [-0.25, -0.2) is 0 Å². The zero-order valence-electron chi connectivity index (χ0n) is 9.09. The quantitative estimate of drug-likeness (QED) is 0.606. The molecule has 0 aliphatic heterocycles. The van der Waals surface area contributed by atoms with Crippen molar-refractivity contribution in [1.29, 1.82) is 0 Å². The van der Waals surface area contributed by atoms with E-state index in [-0.39, 0.29) is 13.8 Å². The number of rotatable bonds is 1. The zero-order valence-corrected chi connectivity index (χ0v) is 9.09. The molecule has 0 unspecified atom stereocenters. The number of fused-ring (bicyclic) bond motifs is 1. The molecule has 3 heteroatoms. The third-order valence-corrected chi connectivity index (χ3v) is 2.69. The van der Waals surface area contributed by atoms with Crippen molar-refractivity contribution in [1.82, 2.24) is 0 Å². The minimum Gasteiger partial charge on any atom is -0.456 e. The van der Waals surface area contributed by atoms with Crippen molar-refractivity contribution >= 4 is 19.4 Å². The maximum Gasteiger partial charge on any atom is 0.193 e. The lowest BCUT2D eigenvalue weighted by atomic mass is 10.1. The van der Waals surface area contributed by atoms with Crippen molar-refractivity contribution in [3.8, 4) is 11.3 Å². The Bertz CT molecular complexity index is 717. The van der Waals surface area contributed by atoms with Gasteiger partial charge in [-0.05, 0) is 12.1 Å². The number of hydrogen-bond acceptors (Lipinski definition) is 2. The Hall–Kier alpha value is -2.29. The number of para-hydroxylation sites is 1. The highest BCUT2D eigenvalue weighted by Crippen LogP contribution is 2.21. The predicted molar refractivity (Wildman–Crippen MR) is 77.9 cm³/mol. The van der Waals surface area contributed by atoms with Gasteiger partial charge in [0.05, 0.1) is 13.8 Å². The van der Waals surface area contributed by atoms with Crippen molar-refractivity contribution < 1.29 is 4.42 Å². The van der Waals surface area contributed by atoms with Crippen LogP contribution in [0.25, 0.3) is 22.3 Å². The number of benzene rings is 2. The van der Waals surface area contributed by atoms with Crippen LogP contribution in [0.2, 0.25) is 0 Å². The third kappa shape index (κ3) is 2.07. The summed E-state index contributed by atoms with van der Waals surface area (Å²) in [5, 5.41) is 0.618. The van der Waals surface area contributed by atoms with Gasteiger partial charge in [0.15, 0.2) is 5.43 Å². The van der Waals surface area contributed by atoms with Gasteiger partial charge < -0.3 is 4.42 Å². The molecule has 0 saturated carbocycles. The fourth-order valence-electron chi connectivity index (χ4n) is 1.85. The molecule has 0 radical (unpaired) electrons. The second-order valence-electron chi connectivity index (χ2n) is 3.84. The monoisotopic (exact) mass is 236 g/mol. The highest BCUT2D eigenvalue weighted by atomic mass is 16.3. The summed E-state index contributed by atoms with van der Waals surface area (Å²) in [5.74, 6) is 0.606. The highest BCUT2D eigenvalue weighted by Gasteiger charge is 2.05. The average molecular weight is 236 g/mol. The summed E-state index contributed by atoms with van der Waals surface area (Å²) in [5.41, 5.74) is 1.53. The summed E-state index contributed by atoms with van der Waals surface area (Å²) in [7, 11) is 0. The third-order valence-electron chi connectivity index (χ3n) is 2.69. The summed E-state index contributed by atoms with van der Waals surface area (Å²) in [6.45, 7) is 0. The van der Waals surface area contributed by atoms with Crippen molar-refractivity contribution in [2.24, 2.45) is 0 Å². The van der Waals surface area contributed by atoms with E-state index >= 15 is 0 Å². The van der Waals surface area contributed by atoms with E-state index < -0.39 is 0 Å². The Balaban J connectivity index is 0.00000120. The minimum atomic E-state index is -0.00861. The molecule has 0 N–H and O–H groups in total. The number of hydrogen-bond donors (Lipinski definition) is 0. The van der Waals surface area contributed by atoms with Crippen molar-refractivity contribution in [3.05, 3.63) is 70.9 Å². The molecular weight excluding hydrogens is 223 g/mol. The van der Waals surface area contributed by atoms with E-state index in [1.54, 1.807) is 6.07 Å². The lowest BCUT2D eigenvalue weighted by molar-refractivity contribution is 0.619. The minimum absolute atomic E-state index is 0. The fraction of sp³-hybridized carbons (Fsp3) is 0. The molecular formula is C15H13BO2. The summed E-state index contributed by atoms with van der Waals surface area (Å²) in [6.07, 6.45) is 0. The molecule has 0 saturated heterocycles. The van der Waals surface area contributed by atoms with Crippen molar-refractivity contribution in [2.45, 2.75) is 0 Å². The molecule has 1 aromatic heterocycles. The molecule has 0 bridgehead atoms. The van der Waals surface area contributed by atoms with E-state index in [2.05, 4.69) is 0 Å². The van der Waals surface area contributed by atoms with Crippen LogP contribution < -0.4 is 5.43 Å². The van der Waals surface area contributed by atoms with Crippen LogP contribution in [-0.2, 0) is 0 Å². The lowest BCUT2D eigenvalue weighted by Crippen LogP contribution is -1.99. The van der Waals surface area contributed by atoms with Gasteiger partial charge in [-0.2, -0.15) is 0 Å². The van der Waals surface area contributed by atoms with Crippen LogP contribution >= 0.6 is 0 Å². The van der Waals surface area contributed by atoms with Gasteiger partial charge in [0.25, 0.3) is 0 Å². The molecule has 88 valence electrons. The van der Waals surface area contributed by atoms with Gasteiger partial charge in [0.1, 0.15) is 11.3 Å². The largest absolute Gasteiger partial charge is 0.456 e. The first kappa shape index (κ1) is 12.2. The van der Waals surface area contributed by atoms with Gasteiger partial charge >= 0.3 is 0 Å². The highest BCUT2D eigenvalue weighted by molar-refractivity contribution is 5.78. The lowest BCUT2D eigenvalue weighted by Gasteiger charge is -2.02. The molecule has 2 aromatic carbocycles. The van der Waals surface area contributed by atoms with Crippen LogP contribution in [0, 0.1) is 0 Å². The van der Waals surface area contributed by atoms with E-state index in [4.69, 9.17) is 4.42 Å². The molecule has 3 rings (SSSR count). The molecule has 0 aliphatic carbocycles. The molecule has 0 atom stereocenters. The summed E-state index contributed by atoms with van der Waals surface area (Å²) >= 11 is 0. The summed E-state index contributed by atoms with van der Waals surface area (Å²) in [4.78, 5) is 11.9. The molecule has 0 amide bonds. The van der Waals surface area contributed by atoms with E-state index in [1.807, 2.05) is 48.5 Å². The maximum atomic E-state index is 11.9. The molecule has 1 heterocycles. The Morgan fingerprint density at radius 2 is 1.50 bits per heavy atom. The van der Waals surface area contributed by atoms with Crippen molar-refractivity contribution in [2.75, 3.05) is 0 Å². The second kappa shape index (κ2) is 4.92. The van der Waals surface area contributed by atoms with Crippen LogP contribution in [-0.4, -0.2) is 8.41 Å². The van der Waals surface area contributed by atoms with Crippen LogP contribution in [0.3, 0.4) is 0 Å². The van der Waals surface area contributed by atoms with Crippen LogP contribution in [0.1, 0.15) is 0 Å². The van der Waals surface area contributed by atoms with Gasteiger partial charge in [-0.1, -0.05) is 42.5 Å². The van der Waals surface area contributed by atoms with E-state index in [9.17, 15) is 4.79 Å². The molecule has 0 spiro atoms. The first-order valence-corrected chi connectivity index (χ1v) is 5.43. The van der Waals surface area contributed by atoms with Crippen LogP contribution in [0.15, 0.2) is 69.9 Å². The standard InChI is InChI=1S/C15H10O2.BH3/c16-13-10-15(11-6-2-1-3-7-11)17-14-9-5-4-8-12(13)14;/h1-10H;1H3. The maximum absolute atomic E-state index is 11.9. The SMILES string of the molecule is B.O=c1cc(-c2ccccc2)oc2ccccc12. The van der Waals surface area contributed by atoms with E-state index in [1.165, 1.54) is 6.07 Å². The topological polar surface area (TPSA) is 30.2 Å². The second-order valence-corrected chi connectivity index (χ2v) is 3.84. The van der Waals surface area contributed by atoms with Crippen molar-refractivity contribution in [3.63, 3.8) is 0 Å². The predicted octanol–water partition coefficient (Wildman–Crippen LogP) is 2.28. The summed E-state index contributed by atoms with van der Waals surface area (Å²) in [6, 6.07) is 18.4. The molecule has 2 nitrogen and oxygen atoms in total. The van der Waals surface area contributed by atoms with Crippen LogP contribution in [0.5, 0.6) is 0 Å². The Morgan fingerprint density at radius 3 is 2.28 bits per heavy atom. The smallest absolute Gasteiger partial charge is 0.193 e. The summed E-state index contributed by atoms with van der Waals surface area (Å²) < 4.78 is 5.73. The molecule has 0 fully saturated rings. The van der Waals surface area contributed by atoms with Gasteiger partial charge in [-0.3, -0.25) is 4.79 Å². The fourth-order valence-corrected chi connectivity index (χ4v) is 1.85. The molecule has 18 heavy (non-hydrogen) atoms. The van der Waals surface area contributed by atoms with E-state index in [0.717, 1.165) is 5.56 Å². The van der Waals surface area contributed by atoms with Gasteiger partial charge in [-0.15, -0.1) is 0 Å². The van der Waals surface area contributed by atoms with Gasteiger partial charge in [0, 0.05) is 11.6 Å². The molecule has 0 aliphatic rings. The van der Waals surface area contributed by atoms with Crippen LogP contribution in [0.4, 0.5) is 0 Å².